The summed E-state index contributed by atoms with van der Waals surface area (Å²) in [7, 11) is 0. The molecule has 0 radical (unpaired) electrons. The van der Waals surface area contributed by atoms with Crippen LogP contribution in [0, 0.1) is 0 Å². The minimum absolute atomic E-state index is 0.552. The molecule has 0 saturated heterocycles. The molecule has 260 valence electrons. The highest BCUT2D eigenvalue weighted by molar-refractivity contribution is 6.20. The van der Waals surface area contributed by atoms with Crippen LogP contribution in [0.4, 0.5) is 0 Å². The van der Waals surface area contributed by atoms with Crippen molar-refractivity contribution in [3.05, 3.63) is 182 Å². The van der Waals surface area contributed by atoms with Gasteiger partial charge < -0.3 is 4.42 Å². The Bertz CT molecular complexity index is 3550. The van der Waals surface area contributed by atoms with Crippen LogP contribution in [-0.2, 0) is 0 Å². The molecule has 0 aliphatic heterocycles. The molecule has 5 heteroatoms. The molecular formula is C51H30N4O. The van der Waals surface area contributed by atoms with Gasteiger partial charge in [-0.15, -0.1) is 0 Å². The number of benzene rings is 9. The molecule has 5 nitrogen and oxygen atoms in total. The fourth-order valence-corrected chi connectivity index (χ4v) is 8.66. The average Bonchev–Trinajstić information content (AvgIpc) is 3.79. The summed E-state index contributed by atoms with van der Waals surface area (Å²) in [5.74, 6) is 1.73. The molecule has 3 heterocycles. The minimum Gasteiger partial charge on any atom is -0.456 e. The van der Waals surface area contributed by atoms with Crippen LogP contribution in [0.5, 0.6) is 0 Å². The largest absolute Gasteiger partial charge is 0.456 e. The van der Waals surface area contributed by atoms with E-state index in [1.807, 2.05) is 12.1 Å². The Balaban J connectivity index is 1.20. The van der Waals surface area contributed by atoms with Gasteiger partial charge in [0, 0.05) is 32.7 Å². The number of rotatable bonds is 4. The van der Waals surface area contributed by atoms with Crippen molar-refractivity contribution >= 4 is 76.1 Å². The van der Waals surface area contributed by atoms with Crippen molar-refractivity contribution in [3.63, 3.8) is 0 Å². The molecule has 0 aliphatic carbocycles. The lowest BCUT2D eigenvalue weighted by Gasteiger charge is -2.14. The quantitative estimate of drug-likeness (QED) is 0.182. The normalized spacial score (nSPS) is 11.9. The smallest absolute Gasteiger partial charge is 0.238 e. The lowest BCUT2D eigenvalue weighted by atomic mass is 9.96. The van der Waals surface area contributed by atoms with E-state index >= 15 is 0 Å². The van der Waals surface area contributed by atoms with Gasteiger partial charge in [0.2, 0.25) is 5.95 Å². The van der Waals surface area contributed by atoms with Crippen LogP contribution < -0.4 is 0 Å². The predicted octanol–water partition coefficient (Wildman–Crippen LogP) is 13.3. The summed E-state index contributed by atoms with van der Waals surface area (Å²) in [5, 5.41) is 11.1. The van der Waals surface area contributed by atoms with E-state index in [0.29, 0.717) is 17.6 Å². The molecule has 0 aliphatic rings. The van der Waals surface area contributed by atoms with Crippen LogP contribution in [0.15, 0.2) is 186 Å². The van der Waals surface area contributed by atoms with Crippen LogP contribution in [-0.4, -0.2) is 19.5 Å². The summed E-state index contributed by atoms with van der Waals surface area (Å²) in [5.41, 5.74) is 7.77. The monoisotopic (exact) mass is 714 g/mol. The van der Waals surface area contributed by atoms with Gasteiger partial charge in [-0.25, -0.2) is 4.98 Å². The molecule has 0 fully saturated rings. The molecule has 56 heavy (non-hydrogen) atoms. The van der Waals surface area contributed by atoms with Gasteiger partial charge in [-0.2, -0.15) is 9.97 Å². The number of hydrogen-bond donors (Lipinski definition) is 0. The Morgan fingerprint density at radius 2 is 1.02 bits per heavy atom. The lowest BCUT2D eigenvalue weighted by Crippen LogP contribution is -2.07. The fraction of sp³-hybridized carbons (Fsp3) is 0. The highest BCUT2D eigenvalue weighted by Crippen LogP contribution is 2.42. The summed E-state index contributed by atoms with van der Waals surface area (Å²) in [6, 6.07) is 63.9. The van der Waals surface area contributed by atoms with Gasteiger partial charge in [-0.3, -0.25) is 4.57 Å². The maximum Gasteiger partial charge on any atom is 0.238 e. The third-order valence-electron chi connectivity index (χ3n) is 11.2. The van der Waals surface area contributed by atoms with E-state index < -0.39 is 0 Å². The van der Waals surface area contributed by atoms with E-state index in [1.54, 1.807) is 0 Å². The first-order chi connectivity index (χ1) is 27.7. The van der Waals surface area contributed by atoms with Gasteiger partial charge in [0.25, 0.3) is 0 Å². The van der Waals surface area contributed by atoms with E-state index in [4.69, 9.17) is 19.4 Å². The topological polar surface area (TPSA) is 56.7 Å². The predicted molar refractivity (Wildman–Crippen MR) is 230 cm³/mol. The van der Waals surface area contributed by atoms with Crippen LogP contribution >= 0.6 is 0 Å². The molecule has 0 amide bonds. The first-order valence-corrected chi connectivity index (χ1v) is 18.9. The van der Waals surface area contributed by atoms with Gasteiger partial charge in [-0.05, 0) is 79.8 Å². The molecule has 0 saturated carbocycles. The first-order valence-electron chi connectivity index (χ1n) is 18.9. The van der Waals surface area contributed by atoms with Crippen molar-refractivity contribution in [1.82, 2.24) is 19.5 Å². The zero-order valence-electron chi connectivity index (χ0n) is 30.0. The summed E-state index contributed by atoms with van der Waals surface area (Å²) in [6.45, 7) is 0. The van der Waals surface area contributed by atoms with Gasteiger partial charge in [0.1, 0.15) is 11.2 Å². The zero-order valence-corrected chi connectivity index (χ0v) is 30.0. The molecule has 0 bridgehead atoms. The highest BCUT2D eigenvalue weighted by Gasteiger charge is 2.23. The molecular weight excluding hydrogens is 685 g/mol. The van der Waals surface area contributed by atoms with Crippen molar-refractivity contribution < 1.29 is 4.42 Å². The number of furan rings is 1. The van der Waals surface area contributed by atoms with Crippen molar-refractivity contribution in [2.45, 2.75) is 0 Å². The van der Waals surface area contributed by atoms with Gasteiger partial charge >= 0.3 is 0 Å². The standard InChI is InChI=1S/C51H30N4O/c1-2-15-33-29-44-42(28-32(33)14-1)40-22-7-9-25-43(40)55(44)51-53-49(36-19-11-18-34(27-36)38-24-12-17-31-13-3-5-20-37(31)38)52-50(54-51)48-39-21-6-4-16-35(39)30-46-47(48)41-23-8-10-26-45(41)56-46/h1-30H. The summed E-state index contributed by atoms with van der Waals surface area (Å²) >= 11 is 0. The van der Waals surface area contributed by atoms with E-state index in [1.165, 1.54) is 16.2 Å². The molecule has 0 atom stereocenters. The third-order valence-corrected chi connectivity index (χ3v) is 11.2. The maximum absolute atomic E-state index is 6.52. The second-order valence-electron chi connectivity index (χ2n) is 14.4. The second kappa shape index (κ2) is 11.9. The van der Waals surface area contributed by atoms with Crippen LogP contribution in [0.25, 0.3) is 116 Å². The Hall–Kier alpha value is -7.63. The Labute approximate surface area is 320 Å². The minimum atomic E-state index is 0.552. The first kappa shape index (κ1) is 30.8. The molecule has 3 aromatic heterocycles. The third kappa shape index (κ3) is 4.64. The van der Waals surface area contributed by atoms with Crippen LogP contribution in [0.2, 0.25) is 0 Å². The summed E-state index contributed by atoms with van der Waals surface area (Å²) < 4.78 is 8.72. The molecule has 0 N–H and O–H groups in total. The molecule has 0 spiro atoms. The van der Waals surface area contributed by atoms with Crippen molar-refractivity contribution in [1.29, 1.82) is 0 Å². The van der Waals surface area contributed by atoms with Crippen molar-refractivity contribution in [2.75, 3.05) is 0 Å². The molecule has 9 aromatic carbocycles. The van der Waals surface area contributed by atoms with Gasteiger partial charge in [0.05, 0.1) is 11.0 Å². The Morgan fingerprint density at radius 3 is 1.89 bits per heavy atom. The van der Waals surface area contributed by atoms with Crippen LogP contribution in [0.3, 0.4) is 0 Å². The zero-order chi connectivity index (χ0) is 36.7. The number of fused-ring (bicyclic) bond motifs is 9. The molecule has 12 rings (SSSR count). The number of hydrogen-bond acceptors (Lipinski definition) is 4. The second-order valence-corrected chi connectivity index (χ2v) is 14.4. The highest BCUT2D eigenvalue weighted by atomic mass is 16.3. The van der Waals surface area contributed by atoms with E-state index in [2.05, 4.69) is 174 Å². The van der Waals surface area contributed by atoms with Gasteiger partial charge in [-0.1, -0.05) is 146 Å². The number of aromatic nitrogens is 4. The molecule has 0 unspecified atom stereocenters. The average molecular weight is 715 g/mol. The lowest BCUT2D eigenvalue weighted by molar-refractivity contribution is 0.669. The van der Waals surface area contributed by atoms with E-state index in [0.717, 1.165) is 82.2 Å². The van der Waals surface area contributed by atoms with Gasteiger partial charge in [0.15, 0.2) is 11.6 Å². The van der Waals surface area contributed by atoms with Crippen molar-refractivity contribution in [2.24, 2.45) is 0 Å². The maximum atomic E-state index is 6.52. The summed E-state index contributed by atoms with van der Waals surface area (Å²) in [4.78, 5) is 16.2. The SMILES string of the molecule is c1cc(-c2nc(-c3c4ccccc4cc4oc5ccccc5c34)nc(-n3c4ccccc4c4cc5ccccc5cc43)n2)cc(-c2cccc3ccccc23)c1. The van der Waals surface area contributed by atoms with E-state index in [-0.39, 0.29) is 0 Å². The summed E-state index contributed by atoms with van der Waals surface area (Å²) in [6.07, 6.45) is 0. The number of para-hydroxylation sites is 2. The van der Waals surface area contributed by atoms with Crippen molar-refractivity contribution in [3.8, 4) is 39.9 Å². The Kier molecular flexibility index (Phi) is 6.56. The fourth-order valence-electron chi connectivity index (χ4n) is 8.66. The molecule has 12 aromatic rings. The van der Waals surface area contributed by atoms with E-state index in [9.17, 15) is 0 Å². The Morgan fingerprint density at radius 1 is 0.375 bits per heavy atom. The van der Waals surface area contributed by atoms with Crippen LogP contribution in [0.1, 0.15) is 0 Å². The number of nitrogens with zero attached hydrogens (tertiary/aromatic N) is 4.